The Hall–Kier alpha value is -1.91. The average Bonchev–Trinajstić information content (AvgIpc) is 2.74. The molecule has 2 rings (SSSR count). The van der Waals surface area contributed by atoms with Gasteiger partial charge in [0, 0.05) is 18.7 Å². The molecule has 5 heteroatoms. The number of halogens is 1. The molecule has 1 aromatic rings. The molecule has 2 atom stereocenters. The average molecular weight is 264 g/mol. The van der Waals surface area contributed by atoms with Gasteiger partial charge in [-0.3, -0.25) is 9.59 Å². The number of rotatable bonds is 2. The van der Waals surface area contributed by atoms with Crippen LogP contribution >= 0.6 is 0 Å². The molecule has 4 nitrogen and oxygen atoms in total. The molecular weight excluding hydrogens is 247 g/mol. The largest absolute Gasteiger partial charge is 0.369 e. The summed E-state index contributed by atoms with van der Waals surface area (Å²) in [6.07, 6.45) is 0. The van der Waals surface area contributed by atoms with Crippen LogP contribution in [0.25, 0.3) is 0 Å². The van der Waals surface area contributed by atoms with E-state index in [1.807, 2.05) is 6.92 Å². The van der Waals surface area contributed by atoms with Crippen molar-refractivity contribution >= 4 is 11.8 Å². The van der Waals surface area contributed by atoms with Gasteiger partial charge in [0.05, 0.1) is 5.92 Å². The van der Waals surface area contributed by atoms with Crippen molar-refractivity contribution in [3.05, 3.63) is 35.1 Å². The van der Waals surface area contributed by atoms with E-state index in [2.05, 4.69) is 0 Å². The van der Waals surface area contributed by atoms with Gasteiger partial charge in [0.1, 0.15) is 5.82 Å². The number of hydrogen-bond acceptors (Lipinski definition) is 2. The predicted molar refractivity (Wildman–Crippen MR) is 68.9 cm³/mol. The monoisotopic (exact) mass is 264 g/mol. The molecule has 1 aliphatic rings. The van der Waals surface area contributed by atoms with E-state index in [1.54, 1.807) is 11.8 Å². The zero-order valence-electron chi connectivity index (χ0n) is 11.0. The van der Waals surface area contributed by atoms with Gasteiger partial charge < -0.3 is 10.6 Å². The third-order valence-corrected chi connectivity index (χ3v) is 3.67. The lowest BCUT2D eigenvalue weighted by molar-refractivity contribution is -0.122. The number of hydrogen-bond donors (Lipinski definition) is 1. The summed E-state index contributed by atoms with van der Waals surface area (Å²) in [5.41, 5.74) is 6.18. The maximum Gasteiger partial charge on any atom is 0.253 e. The summed E-state index contributed by atoms with van der Waals surface area (Å²) in [4.78, 5) is 25.1. The number of amides is 2. The highest BCUT2D eigenvalue weighted by Crippen LogP contribution is 2.24. The first-order valence-corrected chi connectivity index (χ1v) is 6.25. The number of carbonyl (C=O) groups is 2. The molecule has 0 bridgehead atoms. The molecule has 2 N–H and O–H groups in total. The number of primary amides is 1. The zero-order valence-corrected chi connectivity index (χ0v) is 11.0. The minimum Gasteiger partial charge on any atom is -0.369 e. The Morgan fingerprint density at radius 1 is 1.37 bits per heavy atom. The Balaban J connectivity index is 2.17. The van der Waals surface area contributed by atoms with E-state index in [-0.39, 0.29) is 29.5 Å². The van der Waals surface area contributed by atoms with E-state index in [0.29, 0.717) is 24.2 Å². The van der Waals surface area contributed by atoms with Crippen LogP contribution in [0.15, 0.2) is 18.2 Å². The van der Waals surface area contributed by atoms with Gasteiger partial charge in [-0.1, -0.05) is 6.92 Å². The van der Waals surface area contributed by atoms with Crippen LogP contribution in [0.2, 0.25) is 0 Å². The van der Waals surface area contributed by atoms with E-state index in [1.165, 1.54) is 18.2 Å². The quantitative estimate of drug-likeness (QED) is 0.875. The minimum absolute atomic E-state index is 0.0583. The molecule has 102 valence electrons. The maximum atomic E-state index is 13.2. The highest BCUT2D eigenvalue weighted by atomic mass is 19.1. The van der Waals surface area contributed by atoms with E-state index in [0.717, 1.165) is 0 Å². The van der Waals surface area contributed by atoms with Gasteiger partial charge in [-0.2, -0.15) is 0 Å². The van der Waals surface area contributed by atoms with Crippen LogP contribution in [0.3, 0.4) is 0 Å². The molecule has 19 heavy (non-hydrogen) atoms. The van der Waals surface area contributed by atoms with E-state index in [4.69, 9.17) is 5.73 Å². The molecule has 1 aliphatic heterocycles. The van der Waals surface area contributed by atoms with Crippen molar-refractivity contribution < 1.29 is 14.0 Å². The predicted octanol–water partition coefficient (Wildman–Crippen LogP) is 1.33. The molecule has 2 amide bonds. The van der Waals surface area contributed by atoms with Crippen LogP contribution in [-0.2, 0) is 4.79 Å². The first kappa shape index (κ1) is 13.5. The van der Waals surface area contributed by atoms with Gasteiger partial charge >= 0.3 is 0 Å². The SMILES string of the molecule is Cc1cc(C(=O)N2C[C@@H](C)[C@H](C(N)=O)C2)ccc1F. The highest BCUT2D eigenvalue weighted by molar-refractivity contribution is 5.95. The van der Waals surface area contributed by atoms with Crippen molar-refractivity contribution in [1.82, 2.24) is 4.90 Å². The summed E-state index contributed by atoms with van der Waals surface area (Å²) in [6.45, 7) is 4.36. The molecule has 1 fully saturated rings. The van der Waals surface area contributed by atoms with Gasteiger partial charge in [0.2, 0.25) is 5.91 Å². The molecule has 0 aromatic heterocycles. The second-order valence-electron chi connectivity index (χ2n) is 5.16. The molecule has 0 unspecified atom stereocenters. The molecule has 0 aliphatic carbocycles. The van der Waals surface area contributed by atoms with Gasteiger partial charge in [-0.15, -0.1) is 0 Å². The topological polar surface area (TPSA) is 63.4 Å². The van der Waals surface area contributed by atoms with Crippen molar-refractivity contribution in [3.8, 4) is 0 Å². The number of carbonyl (C=O) groups excluding carboxylic acids is 2. The van der Waals surface area contributed by atoms with Crippen LogP contribution in [0, 0.1) is 24.6 Å². The third-order valence-electron chi connectivity index (χ3n) is 3.67. The lowest BCUT2D eigenvalue weighted by atomic mass is 9.98. The number of nitrogens with zero attached hydrogens (tertiary/aromatic N) is 1. The molecule has 0 spiro atoms. The zero-order chi connectivity index (χ0) is 14.2. The molecule has 0 radical (unpaired) electrons. The van der Waals surface area contributed by atoms with Crippen molar-refractivity contribution in [2.24, 2.45) is 17.6 Å². The first-order chi connectivity index (χ1) is 8.90. The Labute approximate surface area is 111 Å². The molecule has 0 saturated carbocycles. The minimum atomic E-state index is -0.377. The van der Waals surface area contributed by atoms with Crippen molar-refractivity contribution in [2.45, 2.75) is 13.8 Å². The first-order valence-electron chi connectivity index (χ1n) is 6.25. The van der Waals surface area contributed by atoms with Crippen molar-refractivity contribution in [2.75, 3.05) is 13.1 Å². The Morgan fingerprint density at radius 2 is 2.05 bits per heavy atom. The van der Waals surface area contributed by atoms with E-state index in [9.17, 15) is 14.0 Å². The lowest BCUT2D eigenvalue weighted by Crippen LogP contribution is -2.32. The number of likely N-dealkylation sites (tertiary alicyclic amines) is 1. The van der Waals surface area contributed by atoms with Crippen molar-refractivity contribution in [1.29, 1.82) is 0 Å². The molecule has 1 aromatic carbocycles. The summed E-state index contributed by atoms with van der Waals surface area (Å²) in [5.74, 6) is -1.13. The second kappa shape index (κ2) is 4.99. The van der Waals surface area contributed by atoms with Crippen LogP contribution < -0.4 is 5.73 Å². The number of aryl methyl sites for hydroxylation is 1. The summed E-state index contributed by atoms with van der Waals surface area (Å²) >= 11 is 0. The summed E-state index contributed by atoms with van der Waals surface area (Å²) in [7, 11) is 0. The second-order valence-corrected chi connectivity index (χ2v) is 5.16. The fourth-order valence-corrected chi connectivity index (χ4v) is 2.46. The number of nitrogens with two attached hydrogens (primary N) is 1. The van der Waals surface area contributed by atoms with E-state index < -0.39 is 0 Å². The normalized spacial score (nSPS) is 22.6. The van der Waals surface area contributed by atoms with Crippen LogP contribution in [0.5, 0.6) is 0 Å². The summed E-state index contributed by atoms with van der Waals surface area (Å²) in [6, 6.07) is 4.28. The molecule has 1 heterocycles. The highest BCUT2D eigenvalue weighted by Gasteiger charge is 2.36. The Bertz CT molecular complexity index is 530. The number of benzene rings is 1. The van der Waals surface area contributed by atoms with Crippen LogP contribution in [0.1, 0.15) is 22.8 Å². The van der Waals surface area contributed by atoms with Gasteiger partial charge in [0.15, 0.2) is 0 Å². The van der Waals surface area contributed by atoms with E-state index >= 15 is 0 Å². The summed E-state index contributed by atoms with van der Waals surface area (Å²) < 4.78 is 13.2. The fourth-order valence-electron chi connectivity index (χ4n) is 2.46. The fraction of sp³-hybridized carbons (Fsp3) is 0.429. The molecule has 1 saturated heterocycles. The smallest absolute Gasteiger partial charge is 0.253 e. The third kappa shape index (κ3) is 2.59. The molecular formula is C14H17FN2O2. The van der Waals surface area contributed by atoms with Gasteiger partial charge in [-0.25, -0.2) is 4.39 Å². The van der Waals surface area contributed by atoms with Crippen LogP contribution in [-0.4, -0.2) is 29.8 Å². The van der Waals surface area contributed by atoms with Crippen LogP contribution in [0.4, 0.5) is 4.39 Å². The summed E-state index contributed by atoms with van der Waals surface area (Å²) in [5, 5.41) is 0. The lowest BCUT2D eigenvalue weighted by Gasteiger charge is -2.16. The Morgan fingerprint density at radius 3 is 2.58 bits per heavy atom. The Kier molecular flexibility index (Phi) is 3.55. The van der Waals surface area contributed by atoms with Crippen molar-refractivity contribution in [3.63, 3.8) is 0 Å². The maximum absolute atomic E-state index is 13.2. The standard InChI is InChI=1S/C14H17FN2O2/c1-8-5-10(3-4-12(8)15)14(19)17-6-9(2)11(7-17)13(16)18/h3-5,9,11H,6-7H2,1-2H3,(H2,16,18)/t9-,11-/m1/s1. The van der Waals surface area contributed by atoms with Gasteiger partial charge in [0.25, 0.3) is 5.91 Å². The van der Waals surface area contributed by atoms with Gasteiger partial charge in [-0.05, 0) is 36.6 Å².